The average molecular weight is 273 g/mol. The lowest BCUT2D eigenvalue weighted by molar-refractivity contribution is 0.0710. The molecule has 1 heterocycles. The van der Waals surface area contributed by atoms with Gasteiger partial charge in [0.25, 0.3) is 5.91 Å². The minimum Gasteiger partial charge on any atom is -0.384 e. The third kappa shape index (κ3) is 3.01. The Morgan fingerprint density at radius 1 is 1.55 bits per heavy atom. The summed E-state index contributed by atoms with van der Waals surface area (Å²) < 4.78 is 5.33. The lowest BCUT2D eigenvalue weighted by atomic mass is 10.0. The molecular formula is C16H19NO3. The summed E-state index contributed by atoms with van der Waals surface area (Å²) >= 11 is 0. The van der Waals surface area contributed by atoms with Crippen LogP contribution in [0.2, 0.25) is 0 Å². The highest BCUT2D eigenvalue weighted by Gasteiger charge is 2.25. The summed E-state index contributed by atoms with van der Waals surface area (Å²) in [5.41, 5.74) is 2.29. The topological polar surface area (TPSA) is 49.8 Å². The molecule has 0 saturated carbocycles. The number of benzene rings is 1. The van der Waals surface area contributed by atoms with Gasteiger partial charge in [-0.15, -0.1) is 0 Å². The van der Waals surface area contributed by atoms with Gasteiger partial charge in [0.1, 0.15) is 6.61 Å². The van der Waals surface area contributed by atoms with Crippen molar-refractivity contribution in [2.24, 2.45) is 0 Å². The van der Waals surface area contributed by atoms with E-state index in [1.165, 1.54) is 0 Å². The number of likely N-dealkylation sites (N-methyl/N-ethyl adjacent to an activating group) is 1. The first-order valence-electron chi connectivity index (χ1n) is 6.69. The van der Waals surface area contributed by atoms with Crippen LogP contribution >= 0.6 is 0 Å². The molecular weight excluding hydrogens is 254 g/mol. The molecule has 0 radical (unpaired) electrons. The number of rotatable bonds is 2. The van der Waals surface area contributed by atoms with Crippen LogP contribution in [0.4, 0.5) is 0 Å². The van der Waals surface area contributed by atoms with E-state index in [0.717, 1.165) is 17.5 Å². The molecule has 1 fully saturated rings. The van der Waals surface area contributed by atoms with Crippen molar-refractivity contribution >= 4 is 5.91 Å². The zero-order valence-corrected chi connectivity index (χ0v) is 11.8. The maximum Gasteiger partial charge on any atom is 0.254 e. The molecule has 1 N–H and O–H groups in total. The van der Waals surface area contributed by atoms with Gasteiger partial charge in [-0.25, -0.2) is 0 Å². The molecule has 2 rings (SSSR count). The summed E-state index contributed by atoms with van der Waals surface area (Å²) in [7, 11) is 1.81. The molecule has 4 nitrogen and oxygen atoms in total. The summed E-state index contributed by atoms with van der Waals surface area (Å²) in [5, 5.41) is 8.77. The number of nitrogens with zero attached hydrogens (tertiary/aromatic N) is 1. The van der Waals surface area contributed by atoms with E-state index >= 15 is 0 Å². The third-order valence-electron chi connectivity index (χ3n) is 3.64. The van der Waals surface area contributed by atoms with Crippen LogP contribution < -0.4 is 0 Å². The fourth-order valence-corrected chi connectivity index (χ4v) is 2.32. The standard InChI is InChI=1S/C16H19NO3/c1-12-13(6-4-9-18)5-3-7-15(12)16(19)17(2)14-8-10-20-11-14/h3,5,7,14,18H,8-11H2,1-2H3. The van der Waals surface area contributed by atoms with E-state index < -0.39 is 0 Å². The fourth-order valence-electron chi connectivity index (χ4n) is 2.32. The van der Waals surface area contributed by atoms with Crippen molar-refractivity contribution in [2.75, 3.05) is 26.9 Å². The lowest BCUT2D eigenvalue weighted by Gasteiger charge is -2.24. The Morgan fingerprint density at radius 2 is 2.35 bits per heavy atom. The molecule has 1 aliphatic rings. The predicted molar refractivity (Wildman–Crippen MR) is 76.5 cm³/mol. The SMILES string of the molecule is Cc1c(C#CCO)cccc1C(=O)N(C)C1CCOC1. The van der Waals surface area contributed by atoms with Gasteiger partial charge in [0, 0.05) is 24.8 Å². The van der Waals surface area contributed by atoms with E-state index in [0.29, 0.717) is 18.8 Å². The molecule has 1 saturated heterocycles. The summed E-state index contributed by atoms with van der Waals surface area (Å²) in [6.45, 7) is 3.01. The van der Waals surface area contributed by atoms with Crippen LogP contribution in [0, 0.1) is 18.8 Å². The molecule has 20 heavy (non-hydrogen) atoms. The zero-order chi connectivity index (χ0) is 14.5. The van der Waals surface area contributed by atoms with Crippen LogP contribution in [0.25, 0.3) is 0 Å². The smallest absolute Gasteiger partial charge is 0.254 e. The number of hydrogen-bond donors (Lipinski definition) is 1. The first kappa shape index (κ1) is 14.6. The highest BCUT2D eigenvalue weighted by Crippen LogP contribution is 2.18. The van der Waals surface area contributed by atoms with Crippen LogP contribution in [-0.2, 0) is 4.74 Å². The minimum absolute atomic E-state index is 0.00866. The molecule has 1 amide bonds. The van der Waals surface area contributed by atoms with Crippen molar-refractivity contribution in [3.05, 3.63) is 34.9 Å². The van der Waals surface area contributed by atoms with Crippen molar-refractivity contribution in [2.45, 2.75) is 19.4 Å². The van der Waals surface area contributed by atoms with E-state index in [-0.39, 0.29) is 18.6 Å². The fraction of sp³-hybridized carbons (Fsp3) is 0.438. The number of amides is 1. The van der Waals surface area contributed by atoms with Crippen LogP contribution in [0.1, 0.15) is 27.9 Å². The van der Waals surface area contributed by atoms with E-state index in [4.69, 9.17) is 9.84 Å². The summed E-state index contributed by atoms with van der Waals surface area (Å²) in [5.74, 6) is 5.48. The van der Waals surface area contributed by atoms with Crippen LogP contribution in [-0.4, -0.2) is 48.8 Å². The van der Waals surface area contributed by atoms with Crippen molar-refractivity contribution in [1.82, 2.24) is 4.90 Å². The Labute approximate surface area is 119 Å². The molecule has 0 aliphatic carbocycles. The van der Waals surface area contributed by atoms with Gasteiger partial charge in [0.2, 0.25) is 0 Å². The monoisotopic (exact) mass is 273 g/mol. The molecule has 0 bridgehead atoms. The Morgan fingerprint density at radius 3 is 3.00 bits per heavy atom. The second kappa shape index (κ2) is 6.56. The van der Waals surface area contributed by atoms with Gasteiger partial charge in [-0.2, -0.15) is 0 Å². The van der Waals surface area contributed by atoms with E-state index in [1.807, 2.05) is 32.2 Å². The lowest BCUT2D eigenvalue weighted by Crippen LogP contribution is -2.37. The van der Waals surface area contributed by atoms with Crippen molar-refractivity contribution in [3.8, 4) is 11.8 Å². The summed E-state index contributed by atoms with van der Waals surface area (Å²) in [6, 6.07) is 5.64. The normalized spacial score (nSPS) is 17.4. The zero-order valence-electron chi connectivity index (χ0n) is 11.8. The van der Waals surface area contributed by atoms with Gasteiger partial charge >= 0.3 is 0 Å². The van der Waals surface area contributed by atoms with Gasteiger partial charge in [0.05, 0.1) is 12.6 Å². The second-order valence-electron chi connectivity index (χ2n) is 4.87. The van der Waals surface area contributed by atoms with Crippen LogP contribution in [0.5, 0.6) is 0 Å². The number of ether oxygens (including phenoxy) is 1. The van der Waals surface area contributed by atoms with E-state index in [9.17, 15) is 4.79 Å². The maximum atomic E-state index is 12.6. The average Bonchev–Trinajstić information content (AvgIpc) is 2.99. The molecule has 4 heteroatoms. The Hall–Kier alpha value is -1.83. The number of carbonyl (C=O) groups excluding carboxylic acids is 1. The van der Waals surface area contributed by atoms with Gasteiger partial charge in [0.15, 0.2) is 0 Å². The van der Waals surface area contributed by atoms with E-state index in [1.54, 1.807) is 4.90 Å². The summed E-state index contributed by atoms with van der Waals surface area (Å²) in [4.78, 5) is 14.3. The largest absolute Gasteiger partial charge is 0.384 e. The molecule has 1 aliphatic heterocycles. The molecule has 0 aromatic heterocycles. The summed E-state index contributed by atoms with van der Waals surface area (Å²) in [6.07, 6.45) is 0.880. The van der Waals surface area contributed by atoms with E-state index in [2.05, 4.69) is 11.8 Å². The van der Waals surface area contributed by atoms with Crippen molar-refractivity contribution in [1.29, 1.82) is 0 Å². The molecule has 1 unspecified atom stereocenters. The highest BCUT2D eigenvalue weighted by molar-refractivity contribution is 5.96. The molecule has 1 aromatic rings. The number of carbonyl (C=O) groups is 1. The molecule has 1 atom stereocenters. The second-order valence-corrected chi connectivity index (χ2v) is 4.87. The van der Waals surface area contributed by atoms with Crippen molar-refractivity contribution < 1.29 is 14.6 Å². The number of hydrogen-bond acceptors (Lipinski definition) is 3. The Bertz CT molecular complexity index is 551. The van der Waals surface area contributed by atoms with Gasteiger partial charge in [-0.1, -0.05) is 17.9 Å². The first-order chi connectivity index (χ1) is 9.65. The maximum absolute atomic E-state index is 12.6. The minimum atomic E-state index is -0.184. The molecule has 1 aromatic carbocycles. The Balaban J connectivity index is 2.25. The number of aliphatic hydroxyl groups is 1. The number of aliphatic hydroxyl groups excluding tert-OH is 1. The van der Waals surface area contributed by atoms with Crippen molar-refractivity contribution in [3.63, 3.8) is 0 Å². The van der Waals surface area contributed by atoms with Crippen LogP contribution in [0.15, 0.2) is 18.2 Å². The van der Waals surface area contributed by atoms with Gasteiger partial charge < -0.3 is 14.7 Å². The molecule has 106 valence electrons. The van der Waals surface area contributed by atoms with Crippen LogP contribution in [0.3, 0.4) is 0 Å². The highest BCUT2D eigenvalue weighted by atomic mass is 16.5. The van der Waals surface area contributed by atoms with Gasteiger partial charge in [-0.05, 0) is 31.0 Å². The quantitative estimate of drug-likeness (QED) is 0.824. The Kier molecular flexibility index (Phi) is 4.78. The third-order valence-corrected chi connectivity index (χ3v) is 3.64. The molecule has 0 spiro atoms. The first-order valence-corrected chi connectivity index (χ1v) is 6.69. The van der Waals surface area contributed by atoms with Gasteiger partial charge in [-0.3, -0.25) is 4.79 Å². The predicted octanol–water partition coefficient (Wildman–Crippen LogP) is 1.20.